The lowest BCUT2D eigenvalue weighted by atomic mass is 10.0. The number of rotatable bonds is 6. The van der Waals surface area contributed by atoms with E-state index in [9.17, 15) is 4.79 Å². The molecule has 33 heavy (non-hydrogen) atoms. The van der Waals surface area contributed by atoms with Gasteiger partial charge in [0.2, 0.25) is 17.6 Å². The summed E-state index contributed by atoms with van der Waals surface area (Å²) < 4.78 is 10.6. The van der Waals surface area contributed by atoms with Gasteiger partial charge in [0.25, 0.3) is 0 Å². The second kappa shape index (κ2) is 9.42. The van der Waals surface area contributed by atoms with Gasteiger partial charge in [-0.25, -0.2) is 0 Å². The third-order valence-corrected chi connectivity index (χ3v) is 6.07. The number of nitrogens with zero attached hydrogens (tertiary/aromatic N) is 4. The zero-order valence-corrected chi connectivity index (χ0v) is 18.6. The second-order valence-corrected chi connectivity index (χ2v) is 8.26. The van der Waals surface area contributed by atoms with Crippen LogP contribution in [0, 0.1) is 0 Å². The first-order chi connectivity index (χ1) is 16.2. The third-order valence-electron chi connectivity index (χ3n) is 6.07. The van der Waals surface area contributed by atoms with Gasteiger partial charge in [0.15, 0.2) is 0 Å². The van der Waals surface area contributed by atoms with E-state index in [1.807, 2.05) is 47.4 Å². The van der Waals surface area contributed by atoms with Crippen molar-refractivity contribution >= 4 is 16.7 Å². The van der Waals surface area contributed by atoms with Gasteiger partial charge >= 0.3 is 0 Å². The highest BCUT2D eigenvalue weighted by Gasteiger charge is 2.23. The van der Waals surface area contributed by atoms with Gasteiger partial charge < -0.3 is 14.2 Å². The van der Waals surface area contributed by atoms with Gasteiger partial charge in [-0.2, -0.15) is 4.98 Å². The maximum absolute atomic E-state index is 12.8. The van der Waals surface area contributed by atoms with Gasteiger partial charge in [0, 0.05) is 31.7 Å². The van der Waals surface area contributed by atoms with Gasteiger partial charge in [-0.05, 0) is 40.6 Å². The largest absolute Gasteiger partial charge is 0.497 e. The summed E-state index contributed by atoms with van der Waals surface area (Å²) in [5, 5.41) is 6.46. The molecule has 0 saturated carbocycles. The Bertz CT molecular complexity index is 1240. The molecule has 2 heterocycles. The Hall–Kier alpha value is -3.71. The number of methoxy groups -OCH3 is 1. The molecule has 0 N–H and O–H groups in total. The Morgan fingerprint density at radius 3 is 2.48 bits per heavy atom. The van der Waals surface area contributed by atoms with Crippen molar-refractivity contribution < 1.29 is 14.1 Å². The summed E-state index contributed by atoms with van der Waals surface area (Å²) in [6.45, 7) is 3.54. The van der Waals surface area contributed by atoms with Crippen LogP contribution in [0.3, 0.4) is 0 Å². The van der Waals surface area contributed by atoms with E-state index in [1.54, 1.807) is 7.11 Å². The first-order valence-electron chi connectivity index (χ1n) is 11.1. The Morgan fingerprint density at radius 1 is 0.970 bits per heavy atom. The van der Waals surface area contributed by atoms with Gasteiger partial charge in [-0.15, -0.1) is 0 Å². The summed E-state index contributed by atoms with van der Waals surface area (Å²) in [6, 6.07) is 22.0. The van der Waals surface area contributed by atoms with Crippen LogP contribution in [0.1, 0.15) is 11.5 Å². The molecule has 0 bridgehead atoms. The van der Waals surface area contributed by atoms with Crippen molar-refractivity contribution in [3.63, 3.8) is 0 Å². The molecule has 0 atom stereocenters. The highest BCUT2D eigenvalue weighted by atomic mass is 16.5. The molecule has 0 unspecified atom stereocenters. The Balaban J connectivity index is 1.14. The average Bonchev–Trinajstić information content (AvgIpc) is 3.33. The molecule has 5 rings (SSSR count). The van der Waals surface area contributed by atoms with Crippen LogP contribution in [0.25, 0.3) is 22.2 Å². The molecule has 1 amide bonds. The van der Waals surface area contributed by atoms with Crippen LogP contribution in [-0.2, 0) is 17.8 Å². The second-order valence-electron chi connectivity index (χ2n) is 8.26. The summed E-state index contributed by atoms with van der Waals surface area (Å²) in [5.74, 6) is 2.11. The number of benzene rings is 3. The molecule has 0 radical (unpaired) electrons. The first kappa shape index (κ1) is 21.2. The van der Waals surface area contributed by atoms with E-state index in [4.69, 9.17) is 9.26 Å². The minimum atomic E-state index is 0.171. The van der Waals surface area contributed by atoms with E-state index >= 15 is 0 Å². The summed E-state index contributed by atoms with van der Waals surface area (Å²) >= 11 is 0. The SMILES string of the molecule is COc1ccc(-c2noc(CN3CCN(C(=O)Cc4ccc5ccccc5c4)CC3)n2)cc1. The van der Waals surface area contributed by atoms with Crippen molar-refractivity contribution in [1.29, 1.82) is 0 Å². The normalized spacial score (nSPS) is 14.5. The number of aromatic nitrogens is 2. The molecule has 7 nitrogen and oxygen atoms in total. The summed E-state index contributed by atoms with van der Waals surface area (Å²) in [5.41, 5.74) is 1.94. The number of piperazine rings is 1. The van der Waals surface area contributed by atoms with Gasteiger partial charge in [0.05, 0.1) is 20.1 Å². The fourth-order valence-corrected chi connectivity index (χ4v) is 4.16. The predicted molar refractivity (Wildman–Crippen MR) is 126 cm³/mol. The molecule has 168 valence electrons. The van der Waals surface area contributed by atoms with Crippen LogP contribution in [0.5, 0.6) is 5.75 Å². The van der Waals surface area contributed by atoms with Crippen LogP contribution in [0.15, 0.2) is 71.3 Å². The fourth-order valence-electron chi connectivity index (χ4n) is 4.16. The van der Waals surface area contributed by atoms with Gasteiger partial charge in [0.1, 0.15) is 5.75 Å². The maximum atomic E-state index is 12.8. The predicted octanol–water partition coefficient (Wildman–Crippen LogP) is 3.79. The molecule has 1 aliphatic heterocycles. The molecule has 3 aromatic carbocycles. The number of ether oxygens (including phenoxy) is 1. The minimum absolute atomic E-state index is 0.171. The molecule has 1 aliphatic rings. The highest BCUT2D eigenvalue weighted by molar-refractivity contribution is 5.85. The minimum Gasteiger partial charge on any atom is -0.497 e. The highest BCUT2D eigenvalue weighted by Crippen LogP contribution is 2.21. The van der Waals surface area contributed by atoms with Crippen LogP contribution in [0.2, 0.25) is 0 Å². The molecule has 1 saturated heterocycles. The fraction of sp³-hybridized carbons (Fsp3) is 0.269. The molecular weight excluding hydrogens is 416 g/mol. The summed E-state index contributed by atoms with van der Waals surface area (Å²) in [7, 11) is 1.64. The Kier molecular flexibility index (Phi) is 6.04. The lowest BCUT2D eigenvalue weighted by Gasteiger charge is -2.34. The van der Waals surface area contributed by atoms with Crippen molar-refractivity contribution in [1.82, 2.24) is 19.9 Å². The molecule has 1 fully saturated rings. The van der Waals surface area contributed by atoms with Crippen LogP contribution in [-0.4, -0.2) is 59.1 Å². The topological polar surface area (TPSA) is 71.7 Å². The lowest BCUT2D eigenvalue weighted by Crippen LogP contribution is -2.48. The van der Waals surface area contributed by atoms with Crippen LogP contribution < -0.4 is 4.74 Å². The van der Waals surface area contributed by atoms with E-state index < -0.39 is 0 Å². The smallest absolute Gasteiger partial charge is 0.241 e. The molecular formula is C26H26N4O3. The Morgan fingerprint density at radius 2 is 1.73 bits per heavy atom. The first-order valence-corrected chi connectivity index (χ1v) is 11.1. The third kappa shape index (κ3) is 4.88. The molecule has 0 spiro atoms. The zero-order chi connectivity index (χ0) is 22.6. The monoisotopic (exact) mass is 442 g/mol. The average molecular weight is 443 g/mol. The van der Waals surface area contributed by atoms with E-state index in [0.717, 1.165) is 30.0 Å². The van der Waals surface area contributed by atoms with Crippen molar-refractivity contribution in [2.24, 2.45) is 0 Å². The number of carbonyl (C=O) groups excluding carboxylic acids is 1. The van der Waals surface area contributed by atoms with E-state index in [-0.39, 0.29) is 5.91 Å². The van der Waals surface area contributed by atoms with Crippen molar-refractivity contribution in [3.05, 3.63) is 78.2 Å². The van der Waals surface area contributed by atoms with Crippen LogP contribution >= 0.6 is 0 Å². The molecule has 7 heteroatoms. The van der Waals surface area contributed by atoms with E-state index in [1.165, 1.54) is 10.8 Å². The van der Waals surface area contributed by atoms with Crippen LogP contribution in [0.4, 0.5) is 0 Å². The maximum Gasteiger partial charge on any atom is 0.241 e. The lowest BCUT2D eigenvalue weighted by molar-refractivity contribution is -0.132. The number of carbonyl (C=O) groups is 1. The van der Waals surface area contributed by atoms with E-state index in [2.05, 4.69) is 39.3 Å². The van der Waals surface area contributed by atoms with E-state index in [0.29, 0.717) is 37.8 Å². The summed E-state index contributed by atoms with van der Waals surface area (Å²) in [4.78, 5) is 21.5. The number of fused-ring (bicyclic) bond motifs is 1. The van der Waals surface area contributed by atoms with Gasteiger partial charge in [-0.3, -0.25) is 9.69 Å². The molecule has 0 aliphatic carbocycles. The molecule has 1 aromatic heterocycles. The summed E-state index contributed by atoms with van der Waals surface area (Å²) in [6.07, 6.45) is 0.430. The van der Waals surface area contributed by atoms with Gasteiger partial charge in [-0.1, -0.05) is 47.6 Å². The van der Waals surface area contributed by atoms with Crippen molar-refractivity contribution in [2.45, 2.75) is 13.0 Å². The number of hydrogen-bond donors (Lipinski definition) is 0. The van der Waals surface area contributed by atoms with Crippen molar-refractivity contribution in [3.8, 4) is 17.1 Å². The molecule has 4 aromatic rings. The van der Waals surface area contributed by atoms with Crippen molar-refractivity contribution in [2.75, 3.05) is 33.3 Å². The zero-order valence-electron chi connectivity index (χ0n) is 18.6. The Labute approximate surface area is 192 Å². The number of hydrogen-bond acceptors (Lipinski definition) is 6. The number of amides is 1. The standard InChI is InChI=1S/C26H26N4O3/c1-32-23-10-8-21(9-11-23)26-27-24(33-28-26)18-29-12-14-30(15-13-29)25(31)17-19-6-7-20-4-2-3-5-22(20)16-19/h2-11,16H,12-15,17-18H2,1H3. The quantitative estimate of drug-likeness (QED) is 0.453.